The Bertz CT molecular complexity index is 287. The van der Waals surface area contributed by atoms with E-state index in [1.807, 2.05) is 6.92 Å². The first-order chi connectivity index (χ1) is 8.49. The fourth-order valence-corrected chi connectivity index (χ4v) is 2.67. The van der Waals surface area contributed by atoms with Crippen molar-refractivity contribution in [2.75, 3.05) is 33.4 Å². The van der Waals surface area contributed by atoms with Crippen LogP contribution in [-0.2, 0) is 4.74 Å². The van der Waals surface area contributed by atoms with E-state index in [-0.39, 0.29) is 0 Å². The fraction of sp³-hybridized carbons (Fsp3) is 0.929. The number of hydrogen-bond acceptors (Lipinski definition) is 4. The molecule has 1 fully saturated rings. The van der Waals surface area contributed by atoms with Gasteiger partial charge in [-0.3, -0.25) is 5.32 Å². The molecule has 104 valence electrons. The lowest BCUT2D eigenvalue weighted by atomic mass is 9.98. The molecule has 0 spiro atoms. The van der Waals surface area contributed by atoms with Crippen molar-refractivity contribution in [1.82, 2.24) is 10.2 Å². The Kier molecular flexibility index (Phi) is 6.07. The van der Waals surface area contributed by atoms with Crippen molar-refractivity contribution in [2.45, 2.75) is 45.2 Å². The standard InChI is InChI=1S/C14H27N3O/c1-12(2)16-14(3,11-15)6-8-17-7-5-13(9-17)10-18-4/h12-13,16H,5-10H2,1-4H3. The van der Waals surface area contributed by atoms with Gasteiger partial charge in [0.25, 0.3) is 0 Å². The monoisotopic (exact) mass is 253 g/mol. The zero-order chi connectivity index (χ0) is 13.6. The van der Waals surface area contributed by atoms with Crippen molar-refractivity contribution in [3.63, 3.8) is 0 Å². The van der Waals surface area contributed by atoms with Gasteiger partial charge in [-0.1, -0.05) is 0 Å². The summed E-state index contributed by atoms with van der Waals surface area (Å²) in [5, 5.41) is 12.6. The molecule has 0 radical (unpaired) electrons. The molecule has 4 nitrogen and oxygen atoms in total. The molecular formula is C14H27N3O. The first kappa shape index (κ1) is 15.4. The molecule has 2 unspecified atom stereocenters. The number of hydrogen-bond donors (Lipinski definition) is 1. The summed E-state index contributed by atoms with van der Waals surface area (Å²) in [7, 11) is 1.77. The number of likely N-dealkylation sites (tertiary alicyclic amines) is 1. The second-order valence-corrected chi connectivity index (χ2v) is 5.90. The van der Waals surface area contributed by atoms with Gasteiger partial charge in [-0.15, -0.1) is 0 Å². The minimum absolute atomic E-state index is 0.342. The van der Waals surface area contributed by atoms with E-state index in [0.29, 0.717) is 12.0 Å². The van der Waals surface area contributed by atoms with E-state index in [1.165, 1.54) is 6.42 Å². The molecule has 0 aliphatic carbocycles. The van der Waals surface area contributed by atoms with E-state index in [9.17, 15) is 5.26 Å². The zero-order valence-corrected chi connectivity index (χ0v) is 12.2. The predicted octanol–water partition coefficient (Wildman–Crippen LogP) is 1.63. The van der Waals surface area contributed by atoms with Gasteiger partial charge in [0.05, 0.1) is 12.7 Å². The van der Waals surface area contributed by atoms with Gasteiger partial charge in [0.15, 0.2) is 0 Å². The highest BCUT2D eigenvalue weighted by atomic mass is 16.5. The van der Waals surface area contributed by atoms with E-state index < -0.39 is 5.54 Å². The van der Waals surface area contributed by atoms with Crippen LogP contribution in [0.4, 0.5) is 0 Å². The largest absolute Gasteiger partial charge is 0.384 e. The quantitative estimate of drug-likeness (QED) is 0.749. The molecule has 0 saturated carbocycles. The fourth-order valence-electron chi connectivity index (χ4n) is 2.67. The van der Waals surface area contributed by atoms with Crippen LogP contribution >= 0.6 is 0 Å². The molecule has 4 heteroatoms. The van der Waals surface area contributed by atoms with E-state index in [4.69, 9.17) is 4.74 Å². The van der Waals surface area contributed by atoms with Gasteiger partial charge in [0.2, 0.25) is 0 Å². The first-order valence-electron chi connectivity index (χ1n) is 6.89. The number of methoxy groups -OCH3 is 1. The summed E-state index contributed by atoms with van der Waals surface area (Å²) in [5.41, 5.74) is -0.409. The van der Waals surface area contributed by atoms with Crippen LogP contribution in [0.5, 0.6) is 0 Å². The lowest BCUT2D eigenvalue weighted by molar-refractivity contribution is 0.152. The van der Waals surface area contributed by atoms with Crippen molar-refractivity contribution in [3.8, 4) is 6.07 Å². The van der Waals surface area contributed by atoms with Crippen LogP contribution < -0.4 is 5.32 Å². The van der Waals surface area contributed by atoms with Crippen molar-refractivity contribution in [3.05, 3.63) is 0 Å². The molecule has 0 aromatic carbocycles. The van der Waals surface area contributed by atoms with E-state index >= 15 is 0 Å². The maximum Gasteiger partial charge on any atom is 0.105 e. The lowest BCUT2D eigenvalue weighted by Gasteiger charge is -2.28. The zero-order valence-electron chi connectivity index (χ0n) is 12.2. The molecule has 18 heavy (non-hydrogen) atoms. The molecule has 0 amide bonds. The number of rotatable bonds is 7. The van der Waals surface area contributed by atoms with Crippen LogP contribution in [0, 0.1) is 17.2 Å². The van der Waals surface area contributed by atoms with Gasteiger partial charge < -0.3 is 9.64 Å². The molecule has 1 heterocycles. The Morgan fingerprint density at radius 1 is 1.56 bits per heavy atom. The van der Waals surface area contributed by atoms with Crippen molar-refractivity contribution >= 4 is 0 Å². The Hall–Kier alpha value is -0.630. The highest BCUT2D eigenvalue weighted by Crippen LogP contribution is 2.18. The van der Waals surface area contributed by atoms with Crippen LogP contribution in [0.25, 0.3) is 0 Å². The third kappa shape index (κ3) is 4.93. The Morgan fingerprint density at radius 2 is 2.28 bits per heavy atom. The SMILES string of the molecule is COCC1CCN(CCC(C)(C#N)NC(C)C)C1. The van der Waals surface area contributed by atoms with E-state index in [1.54, 1.807) is 7.11 Å². The summed E-state index contributed by atoms with van der Waals surface area (Å²) in [4.78, 5) is 2.45. The van der Waals surface area contributed by atoms with Gasteiger partial charge in [0, 0.05) is 26.2 Å². The molecule has 0 aromatic heterocycles. The average Bonchev–Trinajstić information content (AvgIpc) is 2.74. The van der Waals surface area contributed by atoms with Gasteiger partial charge >= 0.3 is 0 Å². The topological polar surface area (TPSA) is 48.3 Å². The third-order valence-electron chi connectivity index (χ3n) is 3.55. The van der Waals surface area contributed by atoms with Crippen LogP contribution in [0.1, 0.15) is 33.6 Å². The normalized spacial score (nSPS) is 24.1. The van der Waals surface area contributed by atoms with Crippen LogP contribution in [-0.4, -0.2) is 49.8 Å². The van der Waals surface area contributed by atoms with Crippen molar-refractivity contribution in [1.29, 1.82) is 5.26 Å². The lowest BCUT2D eigenvalue weighted by Crippen LogP contribution is -2.47. The summed E-state index contributed by atoms with van der Waals surface area (Å²) in [5.74, 6) is 0.668. The van der Waals surface area contributed by atoms with Crippen LogP contribution in [0.2, 0.25) is 0 Å². The number of nitrogens with zero attached hydrogens (tertiary/aromatic N) is 2. The van der Waals surface area contributed by atoms with Crippen molar-refractivity contribution in [2.24, 2.45) is 5.92 Å². The summed E-state index contributed by atoms with van der Waals surface area (Å²) >= 11 is 0. The maximum absolute atomic E-state index is 9.29. The van der Waals surface area contributed by atoms with Crippen LogP contribution in [0.15, 0.2) is 0 Å². The van der Waals surface area contributed by atoms with E-state index in [2.05, 4.69) is 30.1 Å². The number of nitrogens with one attached hydrogen (secondary N) is 1. The predicted molar refractivity (Wildman–Crippen MR) is 73.3 cm³/mol. The second kappa shape index (κ2) is 7.08. The number of nitriles is 1. The molecule has 1 rings (SSSR count). The van der Waals surface area contributed by atoms with Crippen LogP contribution in [0.3, 0.4) is 0 Å². The molecule has 1 saturated heterocycles. The minimum atomic E-state index is -0.409. The summed E-state index contributed by atoms with van der Waals surface area (Å²) < 4.78 is 5.20. The van der Waals surface area contributed by atoms with Crippen molar-refractivity contribution < 1.29 is 4.74 Å². The van der Waals surface area contributed by atoms with Gasteiger partial charge in [-0.2, -0.15) is 5.26 Å². The summed E-state index contributed by atoms with van der Waals surface area (Å²) in [6.45, 7) is 10.3. The number of ether oxygens (including phenoxy) is 1. The molecule has 1 aliphatic heterocycles. The average molecular weight is 253 g/mol. The molecule has 2 atom stereocenters. The minimum Gasteiger partial charge on any atom is -0.384 e. The Balaban J connectivity index is 2.34. The molecule has 0 aromatic rings. The van der Waals surface area contributed by atoms with Gasteiger partial charge in [-0.05, 0) is 46.1 Å². The first-order valence-corrected chi connectivity index (χ1v) is 6.89. The van der Waals surface area contributed by atoms with Gasteiger partial charge in [0.1, 0.15) is 5.54 Å². The molecular weight excluding hydrogens is 226 g/mol. The third-order valence-corrected chi connectivity index (χ3v) is 3.55. The summed E-state index contributed by atoms with van der Waals surface area (Å²) in [6, 6.07) is 2.75. The maximum atomic E-state index is 9.29. The Labute approximate surface area is 111 Å². The second-order valence-electron chi connectivity index (χ2n) is 5.90. The Morgan fingerprint density at radius 3 is 2.83 bits per heavy atom. The summed E-state index contributed by atoms with van der Waals surface area (Å²) in [6.07, 6.45) is 2.09. The molecule has 1 N–H and O–H groups in total. The highest BCUT2D eigenvalue weighted by molar-refractivity contribution is 5.04. The molecule has 1 aliphatic rings. The van der Waals surface area contributed by atoms with E-state index in [0.717, 1.165) is 32.7 Å². The molecule has 0 bridgehead atoms. The highest BCUT2D eigenvalue weighted by Gasteiger charge is 2.28. The smallest absolute Gasteiger partial charge is 0.105 e. The van der Waals surface area contributed by atoms with Gasteiger partial charge in [-0.25, -0.2) is 0 Å².